The number of halogens is 1. The number of aromatic nitrogens is 1. The summed E-state index contributed by atoms with van der Waals surface area (Å²) in [4.78, 5) is 6.48. The Balaban J connectivity index is 2.15. The second kappa shape index (κ2) is 8.01. The molecule has 4 nitrogen and oxygen atoms in total. The van der Waals surface area contributed by atoms with Crippen molar-refractivity contribution in [1.29, 1.82) is 0 Å². The third-order valence-corrected chi connectivity index (χ3v) is 3.67. The molecule has 0 spiro atoms. The highest BCUT2D eigenvalue weighted by molar-refractivity contribution is 6.32. The zero-order chi connectivity index (χ0) is 15.9. The van der Waals surface area contributed by atoms with Gasteiger partial charge in [-0.1, -0.05) is 24.6 Å². The highest BCUT2D eigenvalue weighted by Crippen LogP contribution is 2.35. The molecule has 0 unspecified atom stereocenters. The number of hydrogen-bond acceptors (Lipinski definition) is 4. The highest BCUT2D eigenvalue weighted by Gasteiger charge is 2.12. The number of aromatic hydroxyl groups is 1. The lowest BCUT2D eigenvalue weighted by Crippen LogP contribution is -2.23. The van der Waals surface area contributed by atoms with Crippen molar-refractivity contribution in [3.63, 3.8) is 0 Å². The second-order valence-corrected chi connectivity index (χ2v) is 5.61. The Morgan fingerprint density at radius 2 is 2.05 bits per heavy atom. The smallest absolute Gasteiger partial charge is 0.176 e. The van der Waals surface area contributed by atoms with Crippen LogP contribution in [0.25, 0.3) is 0 Å². The molecule has 0 bridgehead atoms. The molecule has 5 heteroatoms. The maximum atomic E-state index is 9.82. The molecule has 0 atom stereocenters. The lowest BCUT2D eigenvalue weighted by Gasteiger charge is -2.22. The number of methoxy groups -OCH3 is 1. The van der Waals surface area contributed by atoms with E-state index in [1.54, 1.807) is 12.3 Å². The first-order valence-corrected chi connectivity index (χ1v) is 7.68. The number of phenols is 1. The summed E-state index contributed by atoms with van der Waals surface area (Å²) in [6.45, 7) is 4.68. The fourth-order valence-corrected chi connectivity index (χ4v) is 2.65. The van der Waals surface area contributed by atoms with Crippen LogP contribution in [0.5, 0.6) is 11.5 Å². The maximum absolute atomic E-state index is 9.82. The molecule has 1 heterocycles. The van der Waals surface area contributed by atoms with Crippen LogP contribution in [0.2, 0.25) is 5.02 Å². The van der Waals surface area contributed by atoms with Gasteiger partial charge in [-0.15, -0.1) is 0 Å². The molecule has 1 aromatic carbocycles. The van der Waals surface area contributed by atoms with Gasteiger partial charge in [0.05, 0.1) is 12.1 Å². The van der Waals surface area contributed by atoms with Crippen molar-refractivity contribution in [2.45, 2.75) is 26.4 Å². The van der Waals surface area contributed by atoms with E-state index in [0.717, 1.165) is 31.6 Å². The van der Waals surface area contributed by atoms with Crippen molar-refractivity contribution in [3.05, 3.63) is 52.8 Å². The first-order valence-electron chi connectivity index (χ1n) is 7.30. The van der Waals surface area contributed by atoms with Crippen LogP contribution in [-0.4, -0.2) is 28.6 Å². The zero-order valence-electron chi connectivity index (χ0n) is 12.9. The van der Waals surface area contributed by atoms with Gasteiger partial charge in [0.25, 0.3) is 0 Å². The van der Waals surface area contributed by atoms with Crippen LogP contribution in [0.1, 0.15) is 24.5 Å². The highest BCUT2D eigenvalue weighted by atomic mass is 35.5. The average Bonchev–Trinajstić information content (AvgIpc) is 2.52. The van der Waals surface area contributed by atoms with Crippen molar-refractivity contribution < 1.29 is 9.84 Å². The summed E-state index contributed by atoms with van der Waals surface area (Å²) in [6.07, 6.45) is 4.72. The lowest BCUT2D eigenvalue weighted by atomic mass is 10.1. The maximum Gasteiger partial charge on any atom is 0.176 e. The van der Waals surface area contributed by atoms with E-state index in [-0.39, 0.29) is 5.75 Å². The average molecular weight is 321 g/mol. The molecule has 118 valence electrons. The Labute approximate surface area is 136 Å². The molecule has 0 fully saturated rings. The monoisotopic (exact) mass is 320 g/mol. The van der Waals surface area contributed by atoms with E-state index < -0.39 is 0 Å². The molecule has 1 aromatic heterocycles. The summed E-state index contributed by atoms with van der Waals surface area (Å²) in [7, 11) is 1.52. The largest absolute Gasteiger partial charge is 0.503 e. The molecule has 0 aliphatic carbocycles. The first-order chi connectivity index (χ1) is 10.6. The van der Waals surface area contributed by atoms with Crippen molar-refractivity contribution in [2.75, 3.05) is 13.7 Å². The van der Waals surface area contributed by atoms with Gasteiger partial charge >= 0.3 is 0 Å². The minimum Gasteiger partial charge on any atom is -0.503 e. The van der Waals surface area contributed by atoms with Gasteiger partial charge in [0.2, 0.25) is 0 Å². The number of pyridine rings is 1. The standard InChI is InChI=1S/C17H21ClN2O2/c1-3-7-20(11-13-5-4-6-19-10-13)12-14-8-15(18)17(21)16(9-14)22-2/h4-6,8-10,21H,3,7,11-12H2,1-2H3. The number of nitrogens with zero attached hydrogens (tertiary/aromatic N) is 2. The van der Waals surface area contributed by atoms with E-state index in [2.05, 4.69) is 22.9 Å². The fourth-order valence-electron chi connectivity index (χ4n) is 2.41. The summed E-state index contributed by atoms with van der Waals surface area (Å²) >= 11 is 6.06. The molecule has 0 radical (unpaired) electrons. The topological polar surface area (TPSA) is 45.6 Å². The predicted molar refractivity (Wildman–Crippen MR) is 88.3 cm³/mol. The lowest BCUT2D eigenvalue weighted by molar-refractivity contribution is 0.256. The minimum absolute atomic E-state index is 0.0118. The first kappa shape index (κ1) is 16.6. The molecule has 0 aliphatic rings. The molecular formula is C17H21ClN2O2. The zero-order valence-corrected chi connectivity index (χ0v) is 13.7. The molecular weight excluding hydrogens is 300 g/mol. The Morgan fingerprint density at radius 1 is 1.27 bits per heavy atom. The fraction of sp³-hybridized carbons (Fsp3) is 0.353. The summed E-state index contributed by atoms with van der Waals surface area (Å²) in [5.41, 5.74) is 2.18. The minimum atomic E-state index is -0.0118. The van der Waals surface area contributed by atoms with Crippen LogP contribution in [0.3, 0.4) is 0 Å². The summed E-state index contributed by atoms with van der Waals surface area (Å²) < 4.78 is 5.16. The van der Waals surface area contributed by atoms with Crippen LogP contribution in [0.15, 0.2) is 36.7 Å². The third-order valence-electron chi connectivity index (χ3n) is 3.38. The summed E-state index contributed by atoms with van der Waals surface area (Å²) in [5, 5.41) is 10.1. The third kappa shape index (κ3) is 4.36. The molecule has 0 saturated heterocycles. The van der Waals surface area contributed by atoms with E-state index in [0.29, 0.717) is 10.8 Å². The van der Waals surface area contributed by atoms with E-state index in [1.165, 1.54) is 12.7 Å². The van der Waals surface area contributed by atoms with Crippen molar-refractivity contribution in [3.8, 4) is 11.5 Å². The molecule has 22 heavy (non-hydrogen) atoms. The van der Waals surface area contributed by atoms with Gasteiger partial charge in [-0.25, -0.2) is 0 Å². The Bertz CT molecular complexity index is 605. The number of phenolic OH excluding ortho intramolecular Hbond substituents is 1. The van der Waals surface area contributed by atoms with Gasteiger partial charge in [-0.3, -0.25) is 9.88 Å². The molecule has 2 aromatic rings. The van der Waals surface area contributed by atoms with Gasteiger partial charge in [0.15, 0.2) is 11.5 Å². The molecule has 0 saturated carbocycles. The normalized spacial score (nSPS) is 10.9. The van der Waals surface area contributed by atoms with Gasteiger partial charge in [-0.2, -0.15) is 0 Å². The van der Waals surface area contributed by atoms with Crippen molar-refractivity contribution in [1.82, 2.24) is 9.88 Å². The Morgan fingerprint density at radius 3 is 2.68 bits per heavy atom. The van der Waals surface area contributed by atoms with E-state index >= 15 is 0 Å². The Kier molecular flexibility index (Phi) is 6.04. The quantitative estimate of drug-likeness (QED) is 0.841. The van der Waals surface area contributed by atoms with Crippen LogP contribution in [0.4, 0.5) is 0 Å². The van der Waals surface area contributed by atoms with E-state index in [1.807, 2.05) is 18.3 Å². The summed E-state index contributed by atoms with van der Waals surface area (Å²) in [6, 6.07) is 7.62. The molecule has 0 aliphatic heterocycles. The Hall–Kier alpha value is -1.78. The molecule has 2 rings (SSSR count). The van der Waals surface area contributed by atoms with E-state index in [9.17, 15) is 5.11 Å². The molecule has 0 amide bonds. The van der Waals surface area contributed by atoms with Gasteiger partial charge in [0, 0.05) is 25.5 Å². The van der Waals surface area contributed by atoms with Gasteiger partial charge < -0.3 is 9.84 Å². The number of ether oxygens (including phenoxy) is 1. The number of hydrogen-bond donors (Lipinski definition) is 1. The van der Waals surface area contributed by atoms with Gasteiger partial charge in [-0.05, 0) is 42.3 Å². The van der Waals surface area contributed by atoms with Crippen molar-refractivity contribution in [2.24, 2.45) is 0 Å². The summed E-state index contributed by atoms with van der Waals surface area (Å²) in [5.74, 6) is 0.391. The van der Waals surface area contributed by atoms with Crippen LogP contribution < -0.4 is 4.74 Å². The van der Waals surface area contributed by atoms with Crippen LogP contribution >= 0.6 is 11.6 Å². The number of rotatable bonds is 7. The van der Waals surface area contributed by atoms with Crippen molar-refractivity contribution >= 4 is 11.6 Å². The predicted octanol–water partition coefficient (Wildman–Crippen LogP) is 3.86. The van der Waals surface area contributed by atoms with E-state index in [4.69, 9.17) is 16.3 Å². The molecule has 1 N–H and O–H groups in total. The SMILES string of the molecule is CCCN(Cc1cccnc1)Cc1cc(Cl)c(O)c(OC)c1. The van der Waals surface area contributed by atoms with Crippen LogP contribution in [0, 0.1) is 0 Å². The van der Waals surface area contributed by atoms with Gasteiger partial charge in [0.1, 0.15) is 0 Å². The second-order valence-electron chi connectivity index (χ2n) is 5.20. The number of benzene rings is 1. The van der Waals surface area contributed by atoms with Crippen LogP contribution in [-0.2, 0) is 13.1 Å².